The van der Waals surface area contributed by atoms with Crippen LogP contribution in [0.25, 0.3) is 0 Å². The predicted octanol–water partition coefficient (Wildman–Crippen LogP) is 4.53. The molecule has 1 saturated carbocycles. The van der Waals surface area contributed by atoms with Crippen LogP contribution in [0.1, 0.15) is 62.5 Å². The molecule has 0 N–H and O–H groups in total. The Labute approximate surface area is 144 Å². The van der Waals surface area contributed by atoms with Crippen LogP contribution in [0.2, 0.25) is 0 Å². The first-order chi connectivity index (χ1) is 11.9. The Kier molecular flexibility index (Phi) is 5.16. The number of ketones is 1. The molecule has 1 aliphatic carbocycles. The van der Waals surface area contributed by atoms with E-state index in [9.17, 15) is 22.8 Å². The molecule has 6 heteroatoms. The summed E-state index contributed by atoms with van der Waals surface area (Å²) in [5, 5.41) is 0. The van der Waals surface area contributed by atoms with E-state index < -0.39 is 29.4 Å². The minimum Gasteiger partial charge on any atom is -0.458 e. The second-order valence-corrected chi connectivity index (χ2v) is 7.07. The first-order valence-electron chi connectivity index (χ1n) is 8.70. The third-order valence-electron chi connectivity index (χ3n) is 5.39. The number of hydrogen-bond acceptors (Lipinski definition) is 3. The van der Waals surface area contributed by atoms with E-state index in [1.54, 1.807) is 0 Å². The second-order valence-electron chi connectivity index (χ2n) is 7.07. The van der Waals surface area contributed by atoms with Gasteiger partial charge in [-0.1, -0.05) is 25.0 Å². The third kappa shape index (κ3) is 3.88. The van der Waals surface area contributed by atoms with Crippen molar-refractivity contribution in [2.45, 2.75) is 63.4 Å². The van der Waals surface area contributed by atoms with Gasteiger partial charge in [-0.05, 0) is 43.2 Å². The van der Waals surface area contributed by atoms with Crippen LogP contribution in [0.4, 0.5) is 13.2 Å². The van der Waals surface area contributed by atoms with Crippen LogP contribution in [0.3, 0.4) is 0 Å². The van der Waals surface area contributed by atoms with E-state index in [1.165, 1.54) is 6.07 Å². The Balaban J connectivity index is 1.78. The van der Waals surface area contributed by atoms with Crippen molar-refractivity contribution in [2.24, 2.45) is 5.92 Å². The van der Waals surface area contributed by atoms with Crippen LogP contribution < -0.4 is 0 Å². The van der Waals surface area contributed by atoms with Gasteiger partial charge < -0.3 is 4.74 Å². The van der Waals surface area contributed by atoms with Crippen molar-refractivity contribution in [1.82, 2.24) is 0 Å². The van der Waals surface area contributed by atoms with Crippen LogP contribution in [0, 0.1) is 11.7 Å². The number of ether oxygens (including phenoxy) is 1. The highest BCUT2D eigenvalue weighted by atomic mass is 19.3. The molecule has 0 bridgehead atoms. The molecule has 0 radical (unpaired) electrons. The van der Waals surface area contributed by atoms with Gasteiger partial charge in [-0.25, -0.2) is 13.2 Å². The normalized spacial score (nSPS) is 24.8. The second kappa shape index (κ2) is 7.18. The molecule has 1 aromatic rings. The average Bonchev–Trinajstić information content (AvgIpc) is 3.07. The summed E-state index contributed by atoms with van der Waals surface area (Å²) in [5.41, 5.74) is -0.886. The largest absolute Gasteiger partial charge is 0.458 e. The number of cyclic esters (lactones) is 1. The topological polar surface area (TPSA) is 43.4 Å². The Morgan fingerprint density at radius 2 is 1.92 bits per heavy atom. The summed E-state index contributed by atoms with van der Waals surface area (Å²) < 4.78 is 44.7. The fourth-order valence-corrected chi connectivity index (χ4v) is 4.14. The molecule has 0 spiro atoms. The third-order valence-corrected chi connectivity index (χ3v) is 5.39. The van der Waals surface area contributed by atoms with Gasteiger partial charge in [-0.2, -0.15) is 0 Å². The van der Waals surface area contributed by atoms with E-state index in [2.05, 4.69) is 0 Å². The van der Waals surface area contributed by atoms with Crippen LogP contribution in [0.15, 0.2) is 18.2 Å². The Hall–Kier alpha value is -1.85. The molecule has 1 unspecified atom stereocenters. The molecule has 1 heterocycles. The van der Waals surface area contributed by atoms with Crippen molar-refractivity contribution in [3.05, 3.63) is 35.1 Å². The van der Waals surface area contributed by atoms with E-state index in [0.29, 0.717) is 18.4 Å². The minimum atomic E-state index is -2.85. The number of Topliss-reactive ketones (excluding diaryl/α,β-unsaturated/α-hetero) is 1. The molecular formula is C19H21F3O3. The summed E-state index contributed by atoms with van der Waals surface area (Å²) >= 11 is 0. The van der Waals surface area contributed by atoms with Crippen molar-refractivity contribution < 1.29 is 27.5 Å². The quantitative estimate of drug-likeness (QED) is 0.576. The van der Waals surface area contributed by atoms with Gasteiger partial charge in [-0.15, -0.1) is 0 Å². The molecule has 136 valence electrons. The summed E-state index contributed by atoms with van der Waals surface area (Å²) in [4.78, 5) is 23.8. The Morgan fingerprint density at radius 3 is 2.52 bits per heavy atom. The summed E-state index contributed by atoms with van der Waals surface area (Å²) in [6.07, 6.45) is 1.81. The Morgan fingerprint density at radius 1 is 1.20 bits per heavy atom. The van der Waals surface area contributed by atoms with Crippen LogP contribution in [-0.2, 0) is 20.7 Å². The van der Waals surface area contributed by atoms with E-state index in [4.69, 9.17) is 4.74 Å². The lowest BCUT2D eigenvalue weighted by molar-refractivity contribution is -0.178. The van der Waals surface area contributed by atoms with E-state index in [0.717, 1.165) is 37.8 Å². The summed E-state index contributed by atoms with van der Waals surface area (Å²) in [5.74, 6) is -1.42. The Bertz CT molecular complexity index is 650. The number of carbonyl (C=O) groups is 2. The van der Waals surface area contributed by atoms with Gasteiger partial charge in [0.05, 0.1) is 5.56 Å². The summed E-state index contributed by atoms with van der Waals surface area (Å²) in [7, 11) is 0. The number of alkyl halides is 2. The highest BCUT2D eigenvalue weighted by Gasteiger charge is 2.47. The van der Waals surface area contributed by atoms with Crippen molar-refractivity contribution >= 4 is 11.8 Å². The lowest BCUT2D eigenvalue weighted by atomic mass is 9.76. The molecule has 3 nitrogen and oxygen atoms in total. The van der Waals surface area contributed by atoms with Crippen LogP contribution in [0.5, 0.6) is 0 Å². The van der Waals surface area contributed by atoms with Crippen molar-refractivity contribution in [2.75, 3.05) is 0 Å². The number of aryl methyl sites for hydroxylation is 1. The maximum atomic E-state index is 13.8. The van der Waals surface area contributed by atoms with E-state index >= 15 is 0 Å². The maximum Gasteiger partial charge on any atom is 0.313 e. The van der Waals surface area contributed by atoms with E-state index in [-0.39, 0.29) is 24.5 Å². The van der Waals surface area contributed by atoms with Gasteiger partial charge >= 0.3 is 5.97 Å². The summed E-state index contributed by atoms with van der Waals surface area (Å²) in [6.45, 7) is 0. The van der Waals surface area contributed by atoms with Gasteiger partial charge in [0, 0.05) is 6.42 Å². The molecule has 1 atom stereocenters. The van der Waals surface area contributed by atoms with Crippen LogP contribution >= 0.6 is 0 Å². The lowest BCUT2D eigenvalue weighted by Crippen LogP contribution is -2.48. The minimum absolute atomic E-state index is 0.123. The average molecular weight is 354 g/mol. The van der Waals surface area contributed by atoms with E-state index in [1.807, 2.05) is 0 Å². The number of benzene rings is 1. The highest BCUT2D eigenvalue weighted by Crippen LogP contribution is 2.44. The van der Waals surface area contributed by atoms with Crippen molar-refractivity contribution in [3.63, 3.8) is 0 Å². The monoisotopic (exact) mass is 354 g/mol. The molecule has 1 aliphatic heterocycles. The fourth-order valence-electron chi connectivity index (χ4n) is 4.14. The summed E-state index contributed by atoms with van der Waals surface area (Å²) in [6, 6.07) is 3.67. The molecule has 1 saturated heterocycles. The smallest absolute Gasteiger partial charge is 0.313 e. The standard InChI is InChI=1S/C19H21F3O3/c20-16-9-12(5-6-15(16)18(21)22)7-8-19(13-3-1-2-4-13)11-14(23)10-17(24)25-19/h5-6,9,13,18H,1-4,7-8,10-11H2. The van der Waals surface area contributed by atoms with Gasteiger partial charge in [0.1, 0.15) is 23.6 Å². The zero-order chi connectivity index (χ0) is 18.0. The lowest BCUT2D eigenvalue weighted by Gasteiger charge is -2.41. The number of esters is 1. The zero-order valence-electron chi connectivity index (χ0n) is 13.9. The first-order valence-corrected chi connectivity index (χ1v) is 8.70. The zero-order valence-corrected chi connectivity index (χ0v) is 13.9. The SMILES string of the molecule is O=C1CC(=O)OC(CCc2ccc(C(F)F)c(F)c2)(C2CCCC2)C1. The number of halogens is 3. The maximum absolute atomic E-state index is 13.8. The van der Waals surface area contributed by atoms with Crippen LogP contribution in [-0.4, -0.2) is 17.4 Å². The number of carbonyl (C=O) groups excluding carboxylic acids is 2. The molecule has 25 heavy (non-hydrogen) atoms. The molecule has 3 rings (SSSR count). The van der Waals surface area contributed by atoms with Gasteiger partial charge in [0.15, 0.2) is 0 Å². The molecule has 1 aromatic carbocycles. The fraction of sp³-hybridized carbons (Fsp3) is 0.579. The molecule has 2 aliphatic rings. The van der Waals surface area contributed by atoms with Crippen molar-refractivity contribution in [1.29, 1.82) is 0 Å². The number of hydrogen-bond donors (Lipinski definition) is 0. The van der Waals surface area contributed by atoms with Gasteiger partial charge in [0.25, 0.3) is 6.43 Å². The first kappa shape index (κ1) is 18.0. The molecule has 0 amide bonds. The van der Waals surface area contributed by atoms with Gasteiger partial charge in [0.2, 0.25) is 0 Å². The molecular weight excluding hydrogens is 333 g/mol. The highest BCUT2D eigenvalue weighted by molar-refractivity contribution is 5.98. The molecule has 0 aromatic heterocycles. The molecule has 2 fully saturated rings. The van der Waals surface area contributed by atoms with Crippen molar-refractivity contribution in [3.8, 4) is 0 Å². The number of rotatable bonds is 5. The predicted molar refractivity (Wildman–Crippen MR) is 84.7 cm³/mol. The van der Waals surface area contributed by atoms with Gasteiger partial charge in [-0.3, -0.25) is 9.59 Å².